The summed E-state index contributed by atoms with van der Waals surface area (Å²) in [5.74, 6) is 0.962. The molecular weight excluding hydrogens is 158 g/mol. The van der Waals surface area contributed by atoms with Crippen LogP contribution in [0.1, 0.15) is 52.9 Å². The predicted molar refractivity (Wildman–Crippen MR) is 56.7 cm³/mol. The minimum Gasteiger partial charge on any atom is -0.311 e. The molecule has 0 amide bonds. The highest BCUT2D eigenvalue weighted by Gasteiger charge is 2.49. The number of hydrogen-bond donors (Lipinski definition) is 1. The third kappa shape index (κ3) is 1.90. The van der Waals surface area contributed by atoms with Crippen molar-refractivity contribution in [2.75, 3.05) is 0 Å². The molecule has 0 aromatic rings. The van der Waals surface area contributed by atoms with Gasteiger partial charge in [-0.05, 0) is 43.4 Å². The van der Waals surface area contributed by atoms with Crippen LogP contribution in [-0.2, 0) is 0 Å². The topological polar surface area (TPSA) is 12.0 Å². The van der Waals surface area contributed by atoms with Gasteiger partial charge in [-0.1, -0.05) is 20.8 Å². The molecule has 4 atom stereocenters. The van der Waals surface area contributed by atoms with Crippen molar-refractivity contribution >= 4 is 0 Å². The second-order valence-corrected chi connectivity index (χ2v) is 5.55. The van der Waals surface area contributed by atoms with E-state index < -0.39 is 0 Å². The molecular formula is C12H23N. The summed E-state index contributed by atoms with van der Waals surface area (Å²) in [6, 6.07) is 1.68. The average Bonchev–Trinajstić information content (AvgIpc) is 2.53. The van der Waals surface area contributed by atoms with Gasteiger partial charge in [0.1, 0.15) is 0 Å². The molecule has 0 radical (unpaired) electrons. The van der Waals surface area contributed by atoms with Crippen LogP contribution in [0.2, 0.25) is 0 Å². The summed E-state index contributed by atoms with van der Waals surface area (Å²) in [6.45, 7) is 7.12. The zero-order valence-electron chi connectivity index (χ0n) is 9.27. The lowest BCUT2D eigenvalue weighted by Gasteiger charge is -2.15. The number of hydrogen-bond acceptors (Lipinski definition) is 1. The molecule has 1 N–H and O–H groups in total. The lowest BCUT2D eigenvalue weighted by molar-refractivity contribution is 0.428. The average molecular weight is 181 g/mol. The number of rotatable bonds is 3. The fourth-order valence-corrected chi connectivity index (χ4v) is 2.70. The van der Waals surface area contributed by atoms with Crippen molar-refractivity contribution in [1.82, 2.24) is 5.32 Å². The van der Waals surface area contributed by atoms with Crippen molar-refractivity contribution in [3.63, 3.8) is 0 Å². The second-order valence-electron chi connectivity index (χ2n) is 5.55. The van der Waals surface area contributed by atoms with E-state index in [9.17, 15) is 0 Å². The first-order valence-corrected chi connectivity index (χ1v) is 5.90. The third-order valence-electron chi connectivity index (χ3n) is 4.29. The van der Waals surface area contributed by atoms with Gasteiger partial charge in [-0.25, -0.2) is 0 Å². The Bertz CT molecular complexity index is 188. The van der Waals surface area contributed by atoms with Crippen molar-refractivity contribution in [1.29, 1.82) is 0 Å². The van der Waals surface area contributed by atoms with Gasteiger partial charge >= 0.3 is 0 Å². The van der Waals surface area contributed by atoms with Crippen LogP contribution in [0.4, 0.5) is 0 Å². The molecule has 0 bridgehead atoms. The van der Waals surface area contributed by atoms with Gasteiger partial charge in [0, 0.05) is 12.1 Å². The van der Waals surface area contributed by atoms with Gasteiger partial charge in [0.15, 0.2) is 0 Å². The van der Waals surface area contributed by atoms with E-state index in [2.05, 4.69) is 26.1 Å². The van der Waals surface area contributed by atoms with E-state index in [1.807, 2.05) is 0 Å². The number of nitrogens with one attached hydrogen (secondary N) is 1. The Kier molecular flexibility index (Phi) is 2.39. The summed E-state index contributed by atoms with van der Waals surface area (Å²) in [5, 5.41) is 3.82. The smallest absolute Gasteiger partial charge is 0.0130 e. The Morgan fingerprint density at radius 2 is 2.15 bits per heavy atom. The fourth-order valence-electron chi connectivity index (χ4n) is 2.70. The molecule has 0 saturated heterocycles. The van der Waals surface area contributed by atoms with Crippen LogP contribution in [0.25, 0.3) is 0 Å². The van der Waals surface area contributed by atoms with Gasteiger partial charge < -0.3 is 5.32 Å². The maximum Gasteiger partial charge on any atom is 0.0130 e. The standard InChI is InChI=1S/C12H23N/c1-4-12(3)8-11(12)13-10-6-5-9(2)7-10/h9-11,13H,4-8H2,1-3H3. The fraction of sp³-hybridized carbons (Fsp3) is 1.00. The molecule has 0 spiro atoms. The van der Waals surface area contributed by atoms with Crippen molar-refractivity contribution in [3.05, 3.63) is 0 Å². The van der Waals surface area contributed by atoms with Crippen LogP contribution < -0.4 is 5.32 Å². The van der Waals surface area contributed by atoms with E-state index in [0.29, 0.717) is 5.41 Å². The summed E-state index contributed by atoms with van der Waals surface area (Å²) in [4.78, 5) is 0. The molecule has 0 aromatic heterocycles. The summed E-state index contributed by atoms with van der Waals surface area (Å²) in [7, 11) is 0. The van der Waals surface area contributed by atoms with Crippen LogP contribution >= 0.6 is 0 Å². The summed E-state index contributed by atoms with van der Waals surface area (Å²) in [6.07, 6.45) is 7.02. The van der Waals surface area contributed by atoms with Gasteiger partial charge in [-0.15, -0.1) is 0 Å². The molecule has 0 aromatic carbocycles. The van der Waals surface area contributed by atoms with E-state index in [1.54, 1.807) is 0 Å². The molecule has 2 fully saturated rings. The summed E-state index contributed by atoms with van der Waals surface area (Å²) < 4.78 is 0. The summed E-state index contributed by atoms with van der Waals surface area (Å²) in [5.41, 5.74) is 0.645. The molecule has 1 nitrogen and oxygen atoms in total. The van der Waals surface area contributed by atoms with E-state index in [-0.39, 0.29) is 0 Å². The first kappa shape index (κ1) is 9.51. The third-order valence-corrected chi connectivity index (χ3v) is 4.29. The monoisotopic (exact) mass is 181 g/mol. The Morgan fingerprint density at radius 1 is 1.38 bits per heavy atom. The molecule has 76 valence electrons. The van der Waals surface area contributed by atoms with Crippen molar-refractivity contribution < 1.29 is 0 Å². The maximum absolute atomic E-state index is 3.82. The van der Waals surface area contributed by atoms with Gasteiger partial charge in [-0.2, -0.15) is 0 Å². The molecule has 13 heavy (non-hydrogen) atoms. The van der Waals surface area contributed by atoms with E-state index in [1.165, 1.54) is 32.1 Å². The summed E-state index contributed by atoms with van der Waals surface area (Å²) >= 11 is 0. The van der Waals surface area contributed by atoms with E-state index in [0.717, 1.165) is 18.0 Å². The molecule has 2 aliphatic carbocycles. The predicted octanol–water partition coefficient (Wildman–Crippen LogP) is 2.95. The van der Waals surface area contributed by atoms with Crippen LogP contribution in [0.15, 0.2) is 0 Å². The second kappa shape index (κ2) is 3.27. The van der Waals surface area contributed by atoms with E-state index in [4.69, 9.17) is 0 Å². The molecule has 0 heterocycles. The largest absolute Gasteiger partial charge is 0.311 e. The van der Waals surface area contributed by atoms with Gasteiger partial charge in [0.05, 0.1) is 0 Å². The molecule has 2 aliphatic rings. The molecule has 1 heteroatoms. The Balaban J connectivity index is 1.75. The van der Waals surface area contributed by atoms with Crippen molar-refractivity contribution in [3.8, 4) is 0 Å². The lowest BCUT2D eigenvalue weighted by atomic mass is 10.1. The van der Waals surface area contributed by atoms with Crippen LogP contribution in [0, 0.1) is 11.3 Å². The highest BCUT2D eigenvalue weighted by molar-refractivity contribution is 5.05. The molecule has 2 saturated carbocycles. The maximum atomic E-state index is 3.82. The van der Waals surface area contributed by atoms with Gasteiger partial charge in [0.2, 0.25) is 0 Å². The van der Waals surface area contributed by atoms with Crippen LogP contribution in [-0.4, -0.2) is 12.1 Å². The minimum absolute atomic E-state index is 0.645. The minimum atomic E-state index is 0.645. The highest BCUT2D eigenvalue weighted by atomic mass is 15.0. The zero-order valence-corrected chi connectivity index (χ0v) is 9.27. The zero-order chi connectivity index (χ0) is 9.47. The lowest BCUT2D eigenvalue weighted by Crippen LogP contribution is -2.31. The molecule has 4 unspecified atom stereocenters. The van der Waals surface area contributed by atoms with Gasteiger partial charge in [0.25, 0.3) is 0 Å². The van der Waals surface area contributed by atoms with Crippen LogP contribution in [0.3, 0.4) is 0 Å². The first-order chi connectivity index (χ1) is 6.14. The quantitative estimate of drug-likeness (QED) is 0.706. The Morgan fingerprint density at radius 3 is 2.62 bits per heavy atom. The van der Waals surface area contributed by atoms with Crippen molar-refractivity contribution in [2.45, 2.75) is 65.0 Å². The highest BCUT2D eigenvalue weighted by Crippen LogP contribution is 2.49. The van der Waals surface area contributed by atoms with Crippen molar-refractivity contribution in [2.24, 2.45) is 11.3 Å². The Labute approximate surface area is 82.3 Å². The Hall–Kier alpha value is -0.0400. The normalized spacial score (nSPS) is 49.6. The van der Waals surface area contributed by atoms with Gasteiger partial charge in [-0.3, -0.25) is 0 Å². The van der Waals surface area contributed by atoms with Crippen LogP contribution in [0.5, 0.6) is 0 Å². The molecule has 0 aliphatic heterocycles. The van der Waals surface area contributed by atoms with E-state index >= 15 is 0 Å². The first-order valence-electron chi connectivity index (χ1n) is 5.90. The SMILES string of the molecule is CCC1(C)CC1NC1CCC(C)C1. The molecule has 2 rings (SSSR count).